The van der Waals surface area contributed by atoms with Gasteiger partial charge in [0.2, 0.25) is 15.9 Å². The maximum Gasteiger partial charge on any atom is 0.249 e. The molecule has 0 aliphatic carbocycles. The van der Waals surface area contributed by atoms with E-state index in [9.17, 15) is 13.2 Å². The molecule has 0 aliphatic heterocycles. The summed E-state index contributed by atoms with van der Waals surface area (Å²) in [6, 6.07) is 12.4. The quantitative estimate of drug-likeness (QED) is 0.451. The molecule has 0 spiro atoms. The monoisotopic (exact) mass is 387 g/mol. The van der Waals surface area contributed by atoms with E-state index in [2.05, 4.69) is 0 Å². The van der Waals surface area contributed by atoms with Crippen LogP contribution in [0.2, 0.25) is 10.0 Å². The summed E-state index contributed by atoms with van der Waals surface area (Å²) in [6.07, 6.45) is 0. The standard InChI is InChI=1S/C15H15Cl2N3O3S/c16-12-3-1-11(2-4-12)9-20(10-15(21)19-18)24(22,23)14-7-5-13(17)6-8-14/h1-8H,9-10,18H2,(H,19,21). The lowest BCUT2D eigenvalue weighted by Crippen LogP contribution is -2.42. The Morgan fingerprint density at radius 3 is 2.00 bits per heavy atom. The van der Waals surface area contributed by atoms with Crippen molar-refractivity contribution in [3.63, 3.8) is 0 Å². The van der Waals surface area contributed by atoms with E-state index in [4.69, 9.17) is 29.0 Å². The van der Waals surface area contributed by atoms with E-state index in [0.717, 1.165) is 4.31 Å². The lowest BCUT2D eigenvalue weighted by Gasteiger charge is -2.21. The van der Waals surface area contributed by atoms with Crippen molar-refractivity contribution in [1.82, 2.24) is 9.73 Å². The third-order valence-electron chi connectivity index (χ3n) is 3.20. The molecule has 2 aromatic rings. The normalized spacial score (nSPS) is 11.5. The second-order valence-electron chi connectivity index (χ2n) is 4.92. The first-order valence-electron chi connectivity index (χ1n) is 6.82. The number of hydrazine groups is 1. The third-order valence-corrected chi connectivity index (χ3v) is 5.51. The van der Waals surface area contributed by atoms with Gasteiger partial charge in [-0.1, -0.05) is 35.3 Å². The van der Waals surface area contributed by atoms with Crippen molar-refractivity contribution in [3.8, 4) is 0 Å². The summed E-state index contributed by atoms with van der Waals surface area (Å²) in [5.41, 5.74) is 2.62. The Kier molecular flexibility index (Phi) is 6.20. The number of rotatable bonds is 6. The van der Waals surface area contributed by atoms with E-state index in [1.807, 2.05) is 5.43 Å². The summed E-state index contributed by atoms with van der Waals surface area (Å²) >= 11 is 11.6. The van der Waals surface area contributed by atoms with E-state index >= 15 is 0 Å². The molecule has 0 bridgehead atoms. The molecule has 0 aliphatic rings. The van der Waals surface area contributed by atoms with Crippen molar-refractivity contribution < 1.29 is 13.2 Å². The van der Waals surface area contributed by atoms with Crippen LogP contribution >= 0.6 is 23.2 Å². The molecule has 24 heavy (non-hydrogen) atoms. The largest absolute Gasteiger partial charge is 0.293 e. The number of benzene rings is 2. The Hall–Kier alpha value is -1.64. The van der Waals surface area contributed by atoms with Crippen molar-refractivity contribution in [2.24, 2.45) is 5.84 Å². The van der Waals surface area contributed by atoms with Crippen LogP contribution in [0.3, 0.4) is 0 Å². The lowest BCUT2D eigenvalue weighted by molar-refractivity contribution is -0.121. The minimum Gasteiger partial charge on any atom is -0.293 e. The van der Waals surface area contributed by atoms with Crippen LogP contribution in [0.15, 0.2) is 53.4 Å². The molecule has 9 heteroatoms. The van der Waals surface area contributed by atoms with Gasteiger partial charge >= 0.3 is 0 Å². The molecule has 0 heterocycles. The van der Waals surface area contributed by atoms with Crippen LogP contribution < -0.4 is 11.3 Å². The van der Waals surface area contributed by atoms with Crippen LogP contribution in [-0.2, 0) is 21.4 Å². The van der Waals surface area contributed by atoms with Crippen LogP contribution in [-0.4, -0.2) is 25.2 Å². The summed E-state index contributed by atoms with van der Waals surface area (Å²) in [6.45, 7) is -0.417. The summed E-state index contributed by atoms with van der Waals surface area (Å²) in [5, 5.41) is 0.948. The average Bonchev–Trinajstić information content (AvgIpc) is 2.56. The highest BCUT2D eigenvalue weighted by atomic mass is 35.5. The minimum absolute atomic E-state index is 0.00442. The molecular formula is C15H15Cl2N3O3S. The van der Waals surface area contributed by atoms with E-state index in [-0.39, 0.29) is 11.4 Å². The SMILES string of the molecule is NNC(=O)CN(Cc1ccc(Cl)cc1)S(=O)(=O)c1ccc(Cl)cc1. The fraction of sp³-hybridized carbons (Fsp3) is 0.133. The number of carbonyl (C=O) groups excluding carboxylic acids is 1. The summed E-state index contributed by atoms with van der Waals surface area (Å²) in [7, 11) is -3.91. The molecule has 0 atom stereocenters. The molecule has 0 saturated carbocycles. The van der Waals surface area contributed by atoms with Gasteiger partial charge in [0.15, 0.2) is 0 Å². The number of halogens is 2. The number of hydrogen-bond donors (Lipinski definition) is 2. The van der Waals surface area contributed by atoms with Crippen LogP contribution in [0.1, 0.15) is 5.56 Å². The zero-order valence-corrected chi connectivity index (χ0v) is 14.8. The predicted octanol–water partition coefficient (Wildman–Crippen LogP) is 2.17. The molecule has 1 amide bonds. The maximum atomic E-state index is 12.8. The Labute approximate surface area is 150 Å². The van der Waals surface area contributed by atoms with Gasteiger partial charge in [-0.2, -0.15) is 4.31 Å². The highest BCUT2D eigenvalue weighted by Gasteiger charge is 2.26. The van der Waals surface area contributed by atoms with Crippen LogP contribution in [0.5, 0.6) is 0 Å². The fourth-order valence-corrected chi connectivity index (χ4v) is 3.62. The molecular weight excluding hydrogens is 373 g/mol. The van der Waals surface area contributed by atoms with Crippen molar-refractivity contribution in [1.29, 1.82) is 0 Å². The van der Waals surface area contributed by atoms with Gasteiger partial charge in [-0.25, -0.2) is 14.3 Å². The number of sulfonamides is 1. The molecule has 0 saturated heterocycles. The van der Waals surface area contributed by atoms with E-state index in [1.54, 1.807) is 24.3 Å². The highest BCUT2D eigenvalue weighted by molar-refractivity contribution is 7.89. The second kappa shape index (κ2) is 7.96. The predicted molar refractivity (Wildman–Crippen MR) is 92.8 cm³/mol. The van der Waals surface area contributed by atoms with Gasteiger partial charge in [0.05, 0.1) is 11.4 Å². The average molecular weight is 388 g/mol. The summed E-state index contributed by atoms with van der Waals surface area (Å²) in [5.74, 6) is 4.46. The molecule has 0 radical (unpaired) electrons. The number of nitrogens with two attached hydrogens (primary N) is 1. The van der Waals surface area contributed by atoms with Gasteiger partial charge in [-0.05, 0) is 42.0 Å². The van der Waals surface area contributed by atoms with Crippen LogP contribution in [0, 0.1) is 0 Å². The van der Waals surface area contributed by atoms with Crippen molar-refractivity contribution >= 4 is 39.1 Å². The number of carbonyl (C=O) groups is 1. The van der Waals surface area contributed by atoms with Gasteiger partial charge in [0, 0.05) is 16.6 Å². The topological polar surface area (TPSA) is 92.5 Å². The van der Waals surface area contributed by atoms with E-state index in [0.29, 0.717) is 15.6 Å². The maximum absolute atomic E-state index is 12.8. The first-order chi connectivity index (χ1) is 11.3. The molecule has 3 N–H and O–H groups in total. The fourth-order valence-electron chi connectivity index (χ4n) is 1.98. The molecule has 0 fully saturated rings. The molecule has 2 aromatic carbocycles. The van der Waals surface area contributed by atoms with Crippen LogP contribution in [0.25, 0.3) is 0 Å². The van der Waals surface area contributed by atoms with Gasteiger partial charge in [0.25, 0.3) is 0 Å². The Bertz CT molecular complexity index is 809. The number of nitrogens with one attached hydrogen (secondary N) is 1. The number of hydrogen-bond acceptors (Lipinski definition) is 4. The smallest absolute Gasteiger partial charge is 0.249 e. The Morgan fingerprint density at radius 2 is 1.50 bits per heavy atom. The number of nitrogens with zero attached hydrogens (tertiary/aromatic N) is 1. The van der Waals surface area contributed by atoms with Gasteiger partial charge in [-0.15, -0.1) is 0 Å². The molecule has 6 nitrogen and oxygen atoms in total. The highest BCUT2D eigenvalue weighted by Crippen LogP contribution is 2.21. The Balaban J connectivity index is 2.35. The van der Waals surface area contributed by atoms with E-state index in [1.165, 1.54) is 24.3 Å². The van der Waals surface area contributed by atoms with Crippen molar-refractivity contribution in [2.75, 3.05) is 6.54 Å². The first kappa shape index (κ1) is 18.7. The van der Waals surface area contributed by atoms with Gasteiger partial charge < -0.3 is 0 Å². The summed E-state index contributed by atoms with van der Waals surface area (Å²) < 4.78 is 26.6. The van der Waals surface area contributed by atoms with Crippen molar-refractivity contribution in [3.05, 3.63) is 64.1 Å². The molecule has 2 rings (SSSR count). The van der Waals surface area contributed by atoms with Crippen LogP contribution in [0.4, 0.5) is 0 Å². The second-order valence-corrected chi connectivity index (χ2v) is 7.73. The van der Waals surface area contributed by atoms with Gasteiger partial charge in [0.1, 0.15) is 0 Å². The summed E-state index contributed by atoms with van der Waals surface area (Å²) in [4.78, 5) is 11.6. The van der Waals surface area contributed by atoms with Gasteiger partial charge in [-0.3, -0.25) is 10.2 Å². The minimum atomic E-state index is -3.91. The Morgan fingerprint density at radius 1 is 1.00 bits per heavy atom. The number of amides is 1. The lowest BCUT2D eigenvalue weighted by atomic mass is 10.2. The zero-order valence-electron chi connectivity index (χ0n) is 12.4. The zero-order chi connectivity index (χ0) is 17.7. The molecule has 0 unspecified atom stereocenters. The third kappa shape index (κ3) is 4.68. The van der Waals surface area contributed by atoms with E-state index < -0.39 is 22.5 Å². The molecule has 0 aromatic heterocycles. The van der Waals surface area contributed by atoms with Crippen molar-refractivity contribution in [2.45, 2.75) is 11.4 Å². The molecule has 128 valence electrons. The first-order valence-corrected chi connectivity index (χ1v) is 9.02.